The van der Waals surface area contributed by atoms with Gasteiger partial charge < -0.3 is 9.88 Å². The van der Waals surface area contributed by atoms with Gasteiger partial charge in [0.2, 0.25) is 5.78 Å². The van der Waals surface area contributed by atoms with E-state index in [9.17, 15) is 4.79 Å². The van der Waals surface area contributed by atoms with E-state index < -0.39 is 5.54 Å². The van der Waals surface area contributed by atoms with Crippen LogP contribution >= 0.6 is 0 Å². The summed E-state index contributed by atoms with van der Waals surface area (Å²) in [6, 6.07) is 0. The van der Waals surface area contributed by atoms with E-state index in [1.54, 1.807) is 17.1 Å². The lowest BCUT2D eigenvalue weighted by Gasteiger charge is -2.20. The van der Waals surface area contributed by atoms with Crippen LogP contribution < -0.4 is 5.32 Å². The van der Waals surface area contributed by atoms with E-state index in [0.717, 1.165) is 19.4 Å². The van der Waals surface area contributed by atoms with Crippen molar-refractivity contribution < 1.29 is 4.79 Å². The van der Waals surface area contributed by atoms with Crippen LogP contribution in [0.5, 0.6) is 0 Å². The van der Waals surface area contributed by atoms with Crippen LogP contribution in [0.2, 0.25) is 0 Å². The van der Waals surface area contributed by atoms with Crippen LogP contribution in [0.3, 0.4) is 0 Å². The maximum absolute atomic E-state index is 12.0. The van der Waals surface area contributed by atoms with Crippen LogP contribution in [-0.2, 0) is 7.05 Å². The molecular weight excluding hydrogens is 178 g/mol. The van der Waals surface area contributed by atoms with Gasteiger partial charge in [0.05, 0.1) is 11.9 Å². The molecule has 0 aromatic carbocycles. The summed E-state index contributed by atoms with van der Waals surface area (Å²) in [5, 5.41) is 3.24. The molecule has 1 fully saturated rings. The smallest absolute Gasteiger partial charge is 0.202 e. The van der Waals surface area contributed by atoms with E-state index in [-0.39, 0.29) is 5.78 Å². The number of carbonyl (C=O) groups excluding carboxylic acids is 1. The van der Waals surface area contributed by atoms with Crippen LogP contribution in [-0.4, -0.2) is 27.4 Å². The quantitative estimate of drug-likeness (QED) is 0.705. The number of carbonyl (C=O) groups is 1. The average Bonchev–Trinajstić information content (AvgIpc) is 2.74. The molecule has 0 amide bonds. The number of Topliss-reactive ketones (excluding diaryl/α,β-unsaturated/α-hetero) is 1. The highest BCUT2D eigenvalue weighted by atomic mass is 16.1. The fourth-order valence-electron chi connectivity index (χ4n) is 1.90. The molecule has 76 valence electrons. The molecule has 4 heteroatoms. The molecule has 1 atom stereocenters. The second-order valence-corrected chi connectivity index (χ2v) is 4.12. The van der Waals surface area contributed by atoms with Gasteiger partial charge >= 0.3 is 0 Å². The summed E-state index contributed by atoms with van der Waals surface area (Å²) < 4.78 is 1.80. The van der Waals surface area contributed by atoms with Crippen molar-refractivity contribution in [1.29, 1.82) is 0 Å². The lowest BCUT2D eigenvalue weighted by atomic mass is 9.93. The minimum absolute atomic E-state index is 0.107. The van der Waals surface area contributed by atoms with Gasteiger partial charge in [0.1, 0.15) is 5.69 Å². The van der Waals surface area contributed by atoms with Crippen molar-refractivity contribution >= 4 is 5.78 Å². The minimum atomic E-state index is -0.394. The molecule has 0 saturated carbocycles. The van der Waals surface area contributed by atoms with Crippen molar-refractivity contribution in [3.8, 4) is 0 Å². The third-order valence-corrected chi connectivity index (χ3v) is 2.81. The number of hydrogen-bond acceptors (Lipinski definition) is 3. The fourth-order valence-corrected chi connectivity index (χ4v) is 1.90. The molecule has 0 aliphatic carbocycles. The Morgan fingerprint density at radius 1 is 1.71 bits per heavy atom. The molecular formula is C10H15N3O. The van der Waals surface area contributed by atoms with Crippen molar-refractivity contribution in [2.24, 2.45) is 7.05 Å². The van der Waals surface area contributed by atoms with Crippen molar-refractivity contribution in [2.75, 3.05) is 6.54 Å². The van der Waals surface area contributed by atoms with E-state index in [4.69, 9.17) is 0 Å². The van der Waals surface area contributed by atoms with Gasteiger partial charge in [-0.05, 0) is 26.3 Å². The zero-order valence-corrected chi connectivity index (χ0v) is 8.58. The normalized spacial score (nSPS) is 26.7. The molecule has 0 bridgehead atoms. The van der Waals surface area contributed by atoms with E-state index >= 15 is 0 Å². The number of aromatic nitrogens is 2. The van der Waals surface area contributed by atoms with Crippen LogP contribution in [0, 0.1) is 0 Å². The highest BCUT2D eigenvalue weighted by Gasteiger charge is 2.37. The Morgan fingerprint density at radius 3 is 3.00 bits per heavy atom. The first-order chi connectivity index (χ1) is 6.62. The van der Waals surface area contributed by atoms with Gasteiger partial charge in [-0.15, -0.1) is 0 Å². The van der Waals surface area contributed by atoms with Gasteiger partial charge in [-0.25, -0.2) is 4.98 Å². The molecule has 1 aliphatic heterocycles. The summed E-state index contributed by atoms with van der Waals surface area (Å²) in [7, 11) is 1.87. The summed E-state index contributed by atoms with van der Waals surface area (Å²) in [6.45, 7) is 2.88. The van der Waals surface area contributed by atoms with Crippen molar-refractivity contribution in [1.82, 2.24) is 14.9 Å². The highest BCUT2D eigenvalue weighted by Crippen LogP contribution is 2.22. The van der Waals surface area contributed by atoms with E-state index in [2.05, 4.69) is 10.3 Å². The van der Waals surface area contributed by atoms with Gasteiger partial charge in [-0.3, -0.25) is 4.79 Å². The molecule has 1 aromatic heterocycles. The topological polar surface area (TPSA) is 46.9 Å². The number of nitrogens with zero attached hydrogens (tertiary/aromatic N) is 2. The standard InChI is InChI=1S/C10H15N3O/c1-10(4-3-5-12-10)9(14)8-6-13(2)7-11-8/h6-7,12H,3-5H2,1-2H3. The molecule has 2 rings (SSSR count). The number of nitrogens with one attached hydrogen (secondary N) is 1. The monoisotopic (exact) mass is 193 g/mol. The van der Waals surface area contributed by atoms with Crippen LogP contribution in [0.4, 0.5) is 0 Å². The average molecular weight is 193 g/mol. The van der Waals surface area contributed by atoms with Gasteiger partial charge in [0.25, 0.3) is 0 Å². The van der Waals surface area contributed by atoms with E-state index in [0.29, 0.717) is 5.69 Å². The first kappa shape index (κ1) is 9.40. The number of aryl methyl sites for hydroxylation is 1. The maximum atomic E-state index is 12.0. The molecule has 1 saturated heterocycles. The lowest BCUT2D eigenvalue weighted by molar-refractivity contribution is 0.0879. The molecule has 2 heterocycles. The van der Waals surface area contributed by atoms with Crippen LogP contribution in [0.15, 0.2) is 12.5 Å². The van der Waals surface area contributed by atoms with Crippen molar-refractivity contribution in [3.63, 3.8) is 0 Å². The number of imidazole rings is 1. The van der Waals surface area contributed by atoms with Gasteiger partial charge in [-0.1, -0.05) is 0 Å². The predicted octanol–water partition coefficient (Wildman–Crippen LogP) is 0.745. The fraction of sp³-hybridized carbons (Fsp3) is 0.600. The van der Waals surface area contributed by atoms with E-state index in [1.807, 2.05) is 14.0 Å². The Labute approximate surface area is 83.3 Å². The molecule has 4 nitrogen and oxygen atoms in total. The maximum Gasteiger partial charge on any atom is 0.202 e. The largest absolute Gasteiger partial charge is 0.340 e. The SMILES string of the molecule is Cn1cnc(C(=O)C2(C)CCCN2)c1. The predicted molar refractivity (Wildman–Crippen MR) is 53.2 cm³/mol. The number of rotatable bonds is 2. The Balaban J connectivity index is 2.23. The van der Waals surface area contributed by atoms with Crippen molar-refractivity contribution in [2.45, 2.75) is 25.3 Å². The van der Waals surface area contributed by atoms with Gasteiger partial charge in [0.15, 0.2) is 0 Å². The summed E-state index contributed by atoms with van der Waals surface area (Å²) in [4.78, 5) is 16.1. The first-order valence-electron chi connectivity index (χ1n) is 4.90. The Bertz CT molecular complexity index is 350. The van der Waals surface area contributed by atoms with Gasteiger partial charge in [-0.2, -0.15) is 0 Å². The molecule has 14 heavy (non-hydrogen) atoms. The van der Waals surface area contributed by atoms with Crippen LogP contribution in [0.1, 0.15) is 30.3 Å². The number of hydrogen-bond donors (Lipinski definition) is 1. The molecule has 1 unspecified atom stereocenters. The Hall–Kier alpha value is -1.16. The van der Waals surface area contributed by atoms with Gasteiger partial charge in [0, 0.05) is 13.2 Å². The second kappa shape index (κ2) is 3.20. The molecule has 1 N–H and O–H groups in total. The van der Waals surface area contributed by atoms with Crippen molar-refractivity contribution in [3.05, 3.63) is 18.2 Å². The third kappa shape index (κ3) is 1.46. The van der Waals surface area contributed by atoms with E-state index in [1.165, 1.54) is 0 Å². The third-order valence-electron chi connectivity index (χ3n) is 2.81. The Morgan fingerprint density at radius 2 is 2.50 bits per heavy atom. The summed E-state index contributed by atoms with van der Waals surface area (Å²) in [6.07, 6.45) is 5.40. The molecule has 0 spiro atoms. The zero-order valence-electron chi connectivity index (χ0n) is 8.58. The summed E-state index contributed by atoms with van der Waals surface area (Å²) in [5.41, 5.74) is 0.165. The minimum Gasteiger partial charge on any atom is -0.340 e. The molecule has 0 radical (unpaired) electrons. The summed E-state index contributed by atoms with van der Waals surface area (Å²) in [5.74, 6) is 0.107. The lowest BCUT2D eigenvalue weighted by Crippen LogP contribution is -2.44. The van der Waals surface area contributed by atoms with Crippen LogP contribution in [0.25, 0.3) is 0 Å². The number of ketones is 1. The highest BCUT2D eigenvalue weighted by molar-refractivity contribution is 6.01. The molecule has 1 aromatic rings. The zero-order chi connectivity index (χ0) is 10.2. The Kier molecular flexibility index (Phi) is 2.15. The molecule has 1 aliphatic rings. The second-order valence-electron chi connectivity index (χ2n) is 4.12. The first-order valence-corrected chi connectivity index (χ1v) is 4.90. The summed E-state index contributed by atoms with van der Waals surface area (Å²) >= 11 is 0.